The van der Waals surface area contributed by atoms with Crippen LogP contribution in [0.2, 0.25) is 0 Å². The summed E-state index contributed by atoms with van der Waals surface area (Å²) >= 11 is 0. The number of rotatable bonds is 1. The quantitative estimate of drug-likeness (QED) is 0.540. The summed E-state index contributed by atoms with van der Waals surface area (Å²) in [7, 11) is 1.93. The molecule has 0 aromatic carbocycles. The molecule has 1 aromatic heterocycles. The Morgan fingerprint density at radius 3 is 3.08 bits per heavy atom. The van der Waals surface area contributed by atoms with Crippen molar-refractivity contribution in [2.45, 2.75) is 18.9 Å². The van der Waals surface area contributed by atoms with E-state index in [4.69, 9.17) is 4.74 Å². The summed E-state index contributed by atoms with van der Waals surface area (Å²) in [6.45, 7) is 0.847. The largest absolute Gasteiger partial charge is 0.379 e. The summed E-state index contributed by atoms with van der Waals surface area (Å²) in [6, 6.07) is 0. The predicted molar refractivity (Wildman–Crippen MR) is 45.4 cm³/mol. The molecule has 1 aliphatic rings. The van der Waals surface area contributed by atoms with Gasteiger partial charge in [-0.1, -0.05) is 0 Å². The molecule has 0 spiro atoms. The van der Waals surface area contributed by atoms with Gasteiger partial charge < -0.3 is 11.2 Å². The Balaban J connectivity index is 0.000000845. The van der Waals surface area contributed by atoms with Crippen molar-refractivity contribution >= 4 is 0 Å². The van der Waals surface area contributed by atoms with E-state index in [1.165, 1.54) is 5.56 Å². The molecule has 1 saturated heterocycles. The molecule has 2 rings (SSSR count). The normalized spacial score (nSPS) is 22.4. The molecule has 13 heavy (non-hydrogen) atoms. The van der Waals surface area contributed by atoms with Crippen molar-refractivity contribution in [1.82, 2.24) is 9.78 Å². The maximum absolute atomic E-state index is 5.59. The number of aryl methyl sites for hydroxylation is 1. The maximum Gasteiger partial charge on any atom is 0.0586 e. The summed E-state index contributed by atoms with van der Waals surface area (Å²) in [4.78, 5) is 0. The first-order chi connectivity index (χ1) is 5.86. The van der Waals surface area contributed by atoms with Crippen molar-refractivity contribution < 1.29 is 24.2 Å². The molecule has 0 saturated carbocycles. The second-order valence-electron chi connectivity index (χ2n) is 3.12. The summed E-state index contributed by atoms with van der Waals surface area (Å²) < 4.78 is 7.41. The fourth-order valence-electron chi connectivity index (χ4n) is 1.47. The minimum Gasteiger partial charge on any atom is -0.379 e. The minimum absolute atomic E-state index is 0. The Bertz CT molecular complexity index is 256. The van der Waals surface area contributed by atoms with Crippen molar-refractivity contribution in [3.05, 3.63) is 24.4 Å². The van der Waals surface area contributed by atoms with Crippen molar-refractivity contribution in [1.29, 1.82) is 0 Å². The average molecular weight is 231 g/mol. The molecule has 1 atom stereocenters. The van der Waals surface area contributed by atoms with Crippen LogP contribution in [0.1, 0.15) is 24.5 Å². The number of aromatic nitrogens is 2. The van der Waals surface area contributed by atoms with Crippen LogP contribution in [0.3, 0.4) is 0 Å². The van der Waals surface area contributed by atoms with Gasteiger partial charge in [0.25, 0.3) is 0 Å². The third-order valence-corrected chi connectivity index (χ3v) is 2.12. The molecule has 1 fully saturated rings. The van der Waals surface area contributed by atoms with Crippen LogP contribution in [0.5, 0.6) is 0 Å². The second kappa shape index (κ2) is 4.87. The van der Waals surface area contributed by atoms with Gasteiger partial charge in [-0.05, 0) is 0 Å². The second-order valence-corrected chi connectivity index (χ2v) is 3.12. The van der Waals surface area contributed by atoms with Crippen LogP contribution < -0.4 is 0 Å². The van der Waals surface area contributed by atoms with Gasteiger partial charge in [-0.3, -0.25) is 4.68 Å². The van der Waals surface area contributed by atoms with Crippen LogP contribution in [-0.2, 0) is 31.3 Å². The Morgan fingerprint density at radius 2 is 2.54 bits per heavy atom. The average Bonchev–Trinajstić information content (AvgIpc) is 2.54. The van der Waals surface area contributed by atoms with E-state index in [2.05, 4.69) is 11.5 Å². The molecule has 3 nitrogen and oxygen atoms in total. The molecular formula is C9H13N2OZn-. The van der Waals surface area contributed by atoms with Gasteiger partial charge in [-0.25, -0.2) is 0 Å². The molecule has 1 aliphatic heterocycles. The van der Waals surface area contributed by atoms with E-state index in [0.717, 1.165) is 19.4 Å². The van der Waals surface area contributed by atoms with E-state index in [-0.39, 0.29) is 25.6 Å². The number of hydrogen-bond donors (Lipinski definition) is 0. The van der Waals surface area contributed by atoms with Gasteiger partial charge in [-0.15, -0.1) is 6.42 Å². The van der Waals surface area contributed by atoms with E-state index in [9.17, 15) is 0 Å². The summed E-state index contributed by atoms with van der Waals surface area (Å²) in [5, 5.41) is 4.11. The monoisotopic (exact) mass is 229 g/mol. The first kappa shape index (κ1) is 10.9. The fraction of sp³-hybridized carbons (Fsp3) is 0.556. The molecule has 0 bridgehead atoms. The molecule has 1 unspecified atom stereocenters. The SMILES string of the molecule is Cn1cc(C2C[CH-]CCO2)cn1.[Zn]. The molecule has 0 N–H and O–H groups in total. The van der Waals surface area contributed by atoms with E-state index >= 15 is 0 Å². The molecule has 0 radical (unpaired) electrons. The van der Waals surface area contributed by atoms with Crippen molar-refractivity contribution in [3.8, 4) is 0 Å². The summed E-state index contributed by atoms with van der Waals surface area (Å²) in [5.41, 5.74) is 1.19. The van der Waals surface area contributed by atoms with E-state index in [0.29, 0.717) is 0 Å². The molecule has 2 heterocycles. The standard InChI is InChI=1S/C9H13N2O.Zn/c1-11-7-8(6-10-11)9-4-2-3-5-12-9;/h2,6-7,9H,3-5H2,1H3;/q-1;. The first-order valence-electron chi connectivity index (χ1n) is 4.28. The molecule has 1 aromatic rings. The van der Waals surface area contributed by atoms with Gasteiger partial charge in [-0.2, -0.15) is 11.5 Å². The van der Waals surface area contributed by atoms with Crippen molar-refractivity contribution in [2.24, 2.45) is 7.05 Å². The zero-order chi connectivity index (χ0) is 8.39. The van der Waals surface area contributed by atoms with Crippen molar-refractivity contribution in [2.75, 3.05) is 6.61 Å². The third kappa shape index (κ3) is 2.62. The number of hydrogen-bond acceptors (Lipinski definition) is 2. The topological polar surface area (TPSA) is 27.1 Å². The van der Waals surface area contributed by atoms with E-state index < -0.39 is 0 Å². The van der Waals surface area contributed by atoms with E-state index in [1.807, 2.05) is 24.1 Å². The zero-order valence-electron chi connectivity index (χ0n) is 7.94. The Hall–Kier alpha value is -0.207. The van der Waals surface area contributed by atoms with Gasteiger partial charge in [0.15, 0.2) is 0 Å². The molecule has 0 amide bonds. The van der Waals surface area contributed by atoms with Gasteiger partial charge in [0.2, 0.25) is 0 Å². The van der Waals surface area contributed by atoms with Crippen LogP contribution in [0.15, 0.2) is 12.4 Å². The number of nitrogens with zero attached hydrogens (tertiary/aromatic N) is 2. The molecule has 0 aliphatic carbocycles. The molecule has 68 valence electrons. The van der Waals surface area contributed by atoms with Crippen molar-refractivity contribution in [3.63, 3.8) is 0 Å². The van der Waals surface area contributed by atoms with Crippen LogP contribution in [0.4, 0.5) is 0 Å². The Labute approximate surface area is 91.2 Å². The molecule has 4 heteroatoms. The third-order valence-electron chi connectivity index (χ3n) is 2.12. The molecular weight excluding hydrogens is 218 g/mol. The van der Waals surface area contributed by atoms with Gasteiger partial charge in [0.1, 0.15) is 0 Å². The van der Waals surface area contributed by atoms with Gasteiger partial charge >= 0.3 is 0 Å². The van der Waals surface area contributed by atoms with Crippen LogP contribution in [0, 0.1) is 6.42 Å². The summed E-state index contributed by atoms with van der Waals surface area (Å²) in [6.07, 6.45) is 8.52. The maximum atomic E-state index is 5.59. The van der Waals surface area contributed by atoms with E-state index in [1.54, 1.807) is 0 Å². The van der Waals surface area contributed by atoms with Crippen LogP contribution in [-0.4, -0.2) is 16.4 Å². The first-order valence-corrected chi connectivity index (χ1v) is 4.28. The Morgan fingerprint density at radius 1 is 1.69 bits per heavy atom. The van der Waals surface area contributed by atoms with Gasteiger partial charge in [0.05, 0.1) is 12.3 Å². The minimum atomic E-state index is 0. The van der Waals surface area contributed by atoms with Crippen LogP contribution in [0.25, 0.3) is 0 Å². The predicted octanol–water partition coefficient (Wildman–Crippen LogP) is 1.47. The van der Waals surface area contributed by atoms with Gasteiger partial charge in [0, 0.05) is 44.9 Å². The summed E-state index contributed by atoms with van der Waals surface area (Å²) in [5.74, 6) is 0. The van der Waals surface area contributed by atoms with Crippen LogP contribution >= 0.6 is 0 Å². The number of ether oxygens (including phenoxy) is 1. The smallest absolute Gasteiger partial charge is 0.0586 e. The Kier molecular flexibility index (Phi) is 4.07. The fourth-order valence-corrected chi connectivity index (χ4v) is 1.47. The zero-order valence-corrected chi connectivity index (χ0v) is 10.9.